The summed E-state index contributed by atoms with van der Waals surface area (Å²) in [5, 5.41) is 2.86. The lowest BCUT2D eigenvalue weighted by molar-refractivity contribution is -0.123. The maximum absolute atomic E-state index is 12.4. The molecule has 7 heteroatoms. The Morgan fingerprint density at radius 1 is 1.22 bits per heavy atom. The van der Waals surface area contributed by atoms with Crippen molar-refractivity contribution in [1.82, 2.24) is 10.0 Å². The molecule has 0 radical (unpaired) electrons. The molecular weight excluding hydrogens is 314 g/mol. The first-order valence-corrected chi connectivity index (χ1v) is 9.18. The van der Waals surface area contributed by atoms with E-state index in [-0.39, 0.29) is 22.6 Å². The van der Waals surface area contributed by atoms with Gasteiger partial charge in [-0.2, -0.15) is 0 Å². The smallest absolute Gasteiger partial charge is 0.263 e. The Balaban J connectivity index is 2.33. The zero-order valence-corrected chi connectivity index (χ0v) is 14.6. The lowest BCUT2D eigenvalue weighted by Crippen LogP contribution is -2.40. The highest BCUT2D eigenvalue weighted by molar-refractivity contribution is 7.90. The highest BCUT2D eigenvalue weighted by Crippen LogP contribution is 2.23. The van der Waals surface area contributed by atoms with Gasteiger partial charge in [-0.25, -0.2) is 8.42 Å². The SMILES string of the molecule is CC(C)CNC(=O)[C@@H](N=C1NS(=O)(=O)c2ccccc21)C(C)C. The summed E-state index contributed by atoms with van der Waals surface area (Å²) in [4.78, 5) is 17.0. The van der Waals surface area contributed by atoms with Crippen molar-refractivity contribution in [2.45, 2.75) is 38.6 Å². The minimum Gasteiger partial charge on any atom is -0.354 e. The standard InChI is InChI=1S/C16H23N3O3S/c1-10(2)9-17-16(20)14(11(3)4)18-15-12-7-5-6-8-13(12)23(21,22)19-15/h5-8,10-11,14H,9H2,1-4H3,(H,17,20)(H,18,19)/t14-/m0/s1. The summed E-state index contributed by atoms with van der Waals surface area (Å²) in [7, 11) is -3.59. The molecule has 6 nitrogen and oxygen atoms in total. The van der Waals surface area contributed by atoms with E-state index < -0.39 is 16.1 Å². The van der Waals surface area contributed by atoms with Crippen molar-refractivity contribution in [3.8, 4) is 0 Å². The van der Waals surface area contributed by atoms with Gasteiger partial charge in [-0.3, -0.25) is 14.5 Å². The zero-order chi connectivity index (χ0) is 17.2. The Morgan fingerprint density at radius 3 is 2.48 bits per heavy atom. The van der Waals surface area contributed by atoms with Gasteiger partial charge in [0.1, 0.15) is 11.9 Å². The van der Waals surface area contributed by atoms with Crippen LogP contribution in [0.3, 0.4) is 0 Å². The second-order valence-electron chi connectivity index (χ2n) is 6.41. The number of carbonyl (C=O) groups excluding carboxylic acids is 1. The topological polar surface area (TPSA) is 87.6 Å². The van der Waals surface area contributed by atoms with Crippen molar-refractivity contribution in [2.24, 2.45) is 16.8 Å². The van der Waals surface area contributed by atoms with Gasteiger partial charge in [-0.05, 0) is 24.0 Å². The molecule has 0 spiro atoms. The highest BCUT2D eigenvalue weighted by Gasteiger charge is 2.32. The van der Waals surface area contributed by atoms with Crippen LogP contribution >= 0.6 is 0 Å². The molecule has 1 heterocycles. The van der Waals surface area contributed by atoms with E-state index in [2.05, 4.69) is 15.0 Å². The molecule has 23 heavy (non-hydrogen) atoms. The predicted molar refractivity (Wildman–Crippen MR) is 89.8 cm³/mol. The van der Waals surface area contributed by atoms with Crippen LogP contribution in [0.15, 0.2) is 34.2 Å². The number of rotatable bonds is 5. The summed E-state index contributed by atoms with van der Waals surface area (Å²) in [6.07, 6.45) is 0. The molecule has 0 unspecified atom stereocenters. The maximum Gasteiger partial charge on any atom is 0.263 e. The van der Waals surface area contributed by atoms with Gasteiger partial charge in [0.25, 0.3) is 10.0 Å². The normalized spacial score (nSPS) is 18.8. The highest BCUT2D eigenvalue weighted by atomic mass is 32.2. The number of fused-ring (bicyclic) bond motifs is 1. The molecule has 126 valence electrons. The molecule has 1 atom stereocenters. The van der Waals surface area contributed by atoms with E-state index in [1.54, 1.807) is 18.2 Å². The molecule has 0 fully saturated rings. The molecule has 1 aromatic rings. The number of sulfonamides is 1. The molecule has 1 aliphatic heterocycles. The number of nitrogens with zero attached hydrogens (tertiary/aromatic N) is 1. The van der Waals surface area contributed by atoms with Crippen LogP contribution in [0.2, 0.25) is 0 Å². The van der Waals surface area contributed by atoms with Crippen molar-refractivity contribution in [2.75, 3.05) is 6.54 Å². The van der Waals surface area contributed by atoms with E-state index >= 15 is 0 Å². The van der Waals surface area contributed by atoms with Gasteiger partial charge in [0.05, 0.1) is 4.90 Å². The Labute approximate surface area is 137 Å². The van der Waals surface area contributed by atoms with Crippen molar-refractivity contribution < 1.29 is 13.2 Å². The quantitative estimate of drug-likeness (QED) is 0.854. The lowest BCUT2D eigenvalue weighted by Gasteiger charge is -2.18. The Kier molecular flexibility index (Phi) is 5.09. The number of hydrogen-bond donors (Lipinski definition) is 2. The van der Waals surface area contributed by atoms with Gasteiger partial charge < -0.3 is 5.32 Å². The second kappa shape index (κ2) is 6.70. The summed E-state index contributed by atoms with van der Waals surface area (Å²) in [6, 6.07) is 5.99. The van der Waals surface area contributed by atoms with Crippen LogP contribution < -0.4 is 10.0 Å². The number of amidine groups is 1. The molecule has 0 aliphatic carbocycles. The average molecular weight is 337 g/mol. The van der Waals surface area contributed by atoms with Gasteiger partial charge in [0.2, 0.25) is 5.91 Å². The van der Waals surface area contributed by atoms with E-state index in [1.807, 2.05) is 27.7 Å². The molecule has 0 saturated carbocycles. The Bertz CT molecular complexity index is 724. The maximum atomic E-state index is 12.4. The fourth-order valence-electron chi connectivity index (χ4n) is 2.29. The number of nitrogens with one attached hydrogen (secondary N) is 2. The van der Waals surface area contributed by atoms with Crippen LogP contribution in [0.5, 0.6) is 0 Å². The minimum atomic E-state index is -3.59. The largest absolute Gasteiger partial charge is 0.354 e. The third-order valence-electron chi connectivity index (χ3n) is 3.52. The van der Waals surface area contributed by atoms with E-state index in [0.717, 1.165) is 0 Å². The van der Waals surface area contributed by atoms with Crippen molar-refractivity contribution >= 4 is 21.8 Å². The number of aliphatic imine (C=N–C) groups is 1. The van der Waals surface area contributed by atoms with Crippen LogP contribution in [0.4, 0.5) is 0 Å². The number of hydrogen-bond acceptors (Lipinski definition) is 4. The molecule has 0 bridgehead atoms. The summed E-state index contributed by atoms with van der Waals surface area (Å²) in [6.45, 7) is 8.36. The third-order valence-corrected chi connectivity index (χ3v) is 4.91. The lowest BCUT2D eigenvalue weighted by atomic mass is 10.0. The predicted octanol–water partition coefficient (Wildman–Crippen LogP) is 1.52. The van der Waals surface area contributed by atoms with Gasteiger partial charge in [-0.1, -0.05) is 39.8 Å². The van der Waals surface area contributed by atoms with Crippen LogP contribution in [0, 0.1) is 11.8 Å². The van der Waals surface area contributed by atoms with Crippen LogP contribution in [-0.4, -0.2) is 32.7 Å². The minimum absolute atomic E-state index is 0.0491. The van der Waals surface area contributed by atoms with Crippen molar-refractivity contribution in [3.05, 3.63) is 29.8 Å². The first-order valence-electron chi connectivity index (χ1n) is 7.70. The molecule has 1 amide bonds. The van der Waals surface area contributed by atoms with E-state index in [1.165, 1.54) is 6.07 Å². The first kappa shape index (κ1) is 17.5. The molecule has 2 N–H and O–H groups in total. The molecule has 1 aromatic carbocycles. The molecule has 2 rings (SSSR count). The first-order chi connectivity index (χ1) is 10.7. The Hall–Kier alpha value is -1.89. The summed E-state index contributed by atoms with van der Waals surface area (Å²) in [5.74, 6) is 0.334. The van der Waals surface area contributed by atoms with Crippen molar-refractivity contribution in [1.29, 1.82) is 0 Å². The van der Waals surface area contributed by atoms with Crippen LogP contribution in [-0.2, 0) is 14.8 Å². The van der Waals surface area contributed by atoms with Crippen molar-refractivity contribution in [3.63, 3.8) is 0 Å². The van der Waals surface area contributed by atoms with Gasteiger partial charge >= 0.3 is 0 Å². The monoisotopic (exact) mass is 337 g/mol. The van der Waals surface area contributed by atoms with Crippen LogP contribution in [0.1, 0.15) is 33.3 Å². The van der Waals surface area contributed by atoms with Gasteiger partial charge in [0.15, 0.2) is 0 Å². The number of amides is 1. The summed E-state index contributed by atoms with van der Waals surface area (Å²) < 4.78 is 26.7. The zero-order valence-electron chi connectivity index (χ0n) is 13.8. The fraction of sp³-hybridized carbons (Fsp3) is 0.500. The second-order valence-corrected chi connectivity index (χ2v) is 8.06. The van der Waals surface area contributed by atoms with E-state index in [9.17, 15) is 13.2 Å². The Morgan fingerprint density at radius 2 is 1.87 bits per heavy atom. The third kappa shape index (κ3) is 3.90. The molecule has 0 saturated heterocycles. The number of benzene rings is 1. The van der Waals surface area contributed by atoms with Gasteiger partial charge in [-0.15, -0.1) is 0 Å². The molecule has 0 aromatic heterocycles. The molecular formula is C16H23N3O3S. The van der Waals surface area contributed by atoms with E-state index in [4.69, 9.17) is 0 Å². The molecule has 1 aliphatic rings. The van der Waals surface area contributed by atoms with E-state index in [0.29, 0.717) is 18.0 Å². The summed E-state index contributed by atoms with van der Waals surface area (Å²) >= 11 is 0. The summed E-state index contributed by atoms with van der Waals surface area (Å²) in [5.41, 5.74) is 0.509. The average Bonchev–Trinajstić information content (AvgIpc) is 2.73. The van der Waals surface area contributed by atoms with Gasteiger partial charge in [0, 0.05) is 12.1 Å². The van der Waals surface area contributed by atoms with Crippen LogP contribution in [0.25, 0.3) is 0 Å². The fourth-order valence-corrected chi connectivity index (χ4v) is 3.53. The number of carbonyl (C=O) groups is 1.